The first-order chi connectivity index (χ1) is 10.0. The largest absolute Gasteiger partial charge is 0.326 e. The molecule has 2 rings (SSSR count). The Hall–Kier alpha value is -1.16. The molecule has 0 aliphatic rings. The van der Waals surface area contributed by atoms with Crippen LogP contribution in [0.3, 0.4) is 0 Å². The van der Waals surface area contributed by atoms with E-state index < -0.39 is 0 Å². The lowest BCUT2D eigenvalue weighted by molar-refractivity contribution is 0.179. The Balaban J connectivity index is 2.29. The molecule has 2 unspecified atom stereocenters. The normalized spacial score (nSPS) is 14.4. The zero-order chi connectivity index (χ0) is 15.4. The highest BCUT2D eigenvalue weighted by atomic mass is 32.1. The van der Waals surface area contributed by atoms with Gasteiger partial charge in [0.15, 0.2) is 0 Å². The molecule has 0 spiro atoms. The standard InChI is InChI=1S/C18H26N2S/c1-5-20(12-16-9-7-6-8-13(16)2)17(15(4)19)18-14(3)10-11-21-18/h6-11,15,17H,5,12,19H2,1-4H3. The maximum absolute atomic E-state index is 6.33. The maximum atomic E-state index is 6.33. The molecule has 1 aromatic carbocycles. The van der Waals surface area contributed by atoms with Crippen LogP contribution in [0.25, 0.3) is 0 Å². The van der Waals surface area contributed by atoms with Gasteiger partial charge in [0.1, 0.15) is 0 Å². The van der Waals surface area contributed by atoms with E-state index in [-0.39, 0.29) is 12.1 Å². The van der Waals surface area contributed by atoms with E-state index in [4.69, 9.17) is 5.73 Å². The highest BCUT2D eigenvalue weighted by Gasteiger charge is 2.25. The van der Waals surface area contributed by atoms with Gasteiger partial charge in [-0.2, -0.15) is 0 Å². The molecular formula is C18H26N2S. The zero-order valence-electron chi connectivity index (χ0n) is 13.5. The van der Waals surface area contributed by atoms with E-state index in [2.05, 4.69) is 68.3 Å². The molecule has 1 heterocycles. The lowest BCUT2D eigenvalue weighted by atomic mass is 10.0. The van der Waals surface area contributed by atoms with Gasteiger partial charge in [0.25, 0.3) is 0 Å². The minimum Gasteiger partial charge on any atom is -0.326 e. The van der Waals surface area contributed by atoms with Gasteiger partial charge in [0.2, 0.25) is 0 Å². The van der Waals surface area contributed by atoms with Gasteiger partial charge in [-0.1, -0.05) is 31.2 Å². The number of hydrogen-bond donors (Lipinski definition) is 1. The van der Waals surface area contributed by atoms with Crippen molar-refractivity contribution in [3.63, 3.8) is 0 Å². The second-order valence-electron chi connectivity index (χ2n) is 5.76. The van der Waals surface area contributed by atoms with E-state index in [1.807, 2.05) is 11.3 Å². The number of benzene rings is 1. The Morgan fingerprint density at radius 1 is 1.14 bits per heavy atom. The maximum Gasteiger partial charge on any atom is 0.0596 e. The molecule has 0 radical (unpaired) electrons. The number of aryl methyl sites for hydroxylation is 2. The summed E-state index contributed by atoms with van der Waals surface area (Å²) in [6.45, 7) is 10.6. The van der Waals surface area contributed by atoms with E-state index in [1.54, 1.807) is 0 Å². The number of thiophene rings is 1. The van der Waals surface area contributed by atoms with Gasteiger partial charge in [-0.3, -0.25) is 4.90 Å². The van der Waals surface area contributed by atoms with Gasteiger partial charge < -0.3 is 5.73 Å². The Morgan fingerprint density at radius 3 is 2.38 bits per heavy atom. The highest BCUT2D eigenvalue weighted by Crippen LogP contribution is 2.32. The van der Waals surface area contributed by atoms with Crippen molar-refractivity contribution in [2.24, 2.45) is 5.73 Å². The predicted octanol–water partition coefficient (Wildman–Crippen LogP) is 4.28. The second-order valence-corrected chi connectivity index (χ2v) is 6.71. The summed E-state index contributed by atoms with van der Waals surface area (Å²) < 4.78 is 0. The molecular weight excluding hydrogens is 276 g/mol. The third-order valence-corrected chi connectivity index (χ3v) is 5.19. The summed E-state index contributed by atoms with van der Waals surface area (Å²) in [5.41, 5.74) is 10.4. The van der Waals surface area contributed by atoms with E-state index >= 15 is 0 Å². The van der Waals surface area contributed by atoms with Crippen molar-refractivity contribution >= 4 is 11.3 Å². The van der Waals surface area contributed by atoms with Gasteiger partial charge in [-0.15, -0.1) is 11.3 Å². The minimum absolute atomic E-state index is 0.117. The van der Waals surface area contributed by atoms with Crippen LogP contribution in [0.4, 0.5) is 0 Å². The summed E-state index contributed by atoms with van der Waals surface area (Å²) >= 11 is 1.82. The molecule has 3 heteroatoms. The Kier molecular flexibility index (Phi) is 5.57. The van der Waals surface area contributed by atoms with Crippen molar-refractivity contribution < 1.29 is 0 Å². The molecule has 2 nitrogen and oxygen atoms in total. The fraction of sp³-hybridized carbons (Fsp3) is 0.444. The smallest absolute Gasteiger partial charge is 0.0596 e. The number of nitrogens with two attached hydrogens (primary N) is 1. The van der Waals surface area contributed by atoms with Crippen molar-refractivity contribution in [1.29, 1.82) is 0 Å². The number of nitrogens with zero attached hydrogens (tertiary/aromatic N) is 1. The Labute approximate surface area is 132 Å². The third kappa shape index (κ3) is 3.73. The summed E-state index contributed by atoms with van der Waals surface area (Å²) in [5.74, 6) is 0. The van der Waals surface area contributed by atoms with Crippen molar-refractivity contribution in [2.45, 2.75) is 46.3 Å². The van der Waals surface area contributed by atoms with Crippen LogP contribution >= 0.6 is 11.3 Å². The summed E-state index contributed by atoms with van der Waals surface area (Å²) in [7, 11) is 0. The fourth-order valence-corrected chi connectivity index (χ4v) is 4.01. The Bertz CT molecular complexity index is 574. The summed E-state index contributed by atoms with van der Waals surface area (Å²) in [6, 6.07) is 11.2. The number of rotatable bonds is 6. The summed E-state index contributed by atoms with van der Waals surface area (Å²) in [4.78, 5) is 3.90. The van der Waals surface area contributed by atoms with E-state index in [9.17, 15) is 0 Å². The van der Waals surface area contributed by atoms with Crippen molar-refractivity contribution in [3.05, 3.63) is 57.3 Å². The fourth-order valence-electron chi connectivity index (χ4n) is 2.84. The van der Waals surface area contributed by atoms with Crippen LogP contribution < -0.4 is 5.73 Å². The van der Waals surface area contributed by atoms with Gasteiger partial charge in [0, 0.05) is 17.5 Å². The van der Waals surface area contributed by atoms with E-state index in [1.165, 1.54) is 21.6 Å². The van der Waals surface area contributed by atoms with Gasteiger partial charge in [0.05, 0.1) is 6.04 Å². The molecule has 0 saturated carbocycles. The number of likely N-dealkylation sites (N-methyl/N-ethyl adjacent to an activating group) is 1. The lowest BCUT2D eigenvalue weighted by Gasteiger charge is -2.34. The molecule has 114 valence electrons. The molecule has 0 aliphatic heterocycles. The van der Waals surface area contributed by atoms with Crippen LogP contribution in [0, 0.1) is 13.8 Å². The summed E-state index contributed by atoms with van der Waals surface area (Å²) in [6.07, 6.45) is 0. The van der Waals surface area contributed by atoms with Crippen LogP contribution in [-0.4, -0.2) is 17.5 Å². The molecule has 2 atom stereocenters. The molecule has 21 heavy (non-hydrogen) atoms. The van der Waals surface area contributed by atoms with Gasteiger partial charge in [-0.05, 0) is 55.5 Å². The van der Waals surface area contributed by atoms with Gasteiger partial charge in [-0.25, -0.2) is 0 Å². The molecule has 1 aromatic heterocycles. The average molecular weight is 302 g/mol. The number of hydrogen-bond acceptors (Lipinski definition) is 3. The van der Waals surface area contributed by atoms with E-state index in [0.29, 0.717) is 0 Å². The van der Waals surface area contributed by atoms with Gasteiger partial charge >= 0.3 is 0 Å². The molecule has 2 N–H and O–H groups in total. The first kappa shape index (κ1) is 16.2. The van der Waals surface area contributed by atoms with Crippen LogP contribution in [0.1, 0.15) is 41.5 Å². The molecule has 0 amide bonds. The zero-order valence-corrected chi connectivity index (χ0v) is 14.3. The SMILES string of the molecule is CCN(Cc1ccccc1C)C(c1sccc1C)C(C)N. The van der Waals surface area contributed by atoms with Crippen molar-refractivity contribution in [1.82, 2.24) is 4.90 Å². The molecule has 0 aliphatic carbocycles. The van der Waals surface area contributed by atoms with Crippen LogP contribution in [0.5, 0.6) is 0 Å². The first-order valence-electron chi connectivity index (χ1n) is 7.62. The predicted molar refractivity (Wildman–Crippen MR) is 92.7 cm³/mol. The van der Waals surface area contributed by atoms with Crippen LogP contribution in [-0.2, 0) is 6.54 Å². The van der Waals surface area contributed by atoms with Crippen LogP contribution in [0.15, 0.2) is 35.7 Å². The summed E-state index contributed by atoms with van der Waals surface area (Å²) in [5, 5.41) is 2.17. The monoisotopic (exact) mass is 302 g/mol. The molecule has 0 bridgehead atoms. The Morgan fingerprint density at radius 2 is 1.86 bits per heavy atom. The topological polar surface area (TPSA) is 29.3 Å². The highest BCUT2D eigenvalue weighted by molar-refractivity contribution is 7.10. The van der Waals surface area contributed by atoms with Crippen molar-refractivity contribution in [2.75, 3.05) is 6.54 Å². The second kappa shape index (κ2) is 7.21. The quantitative estimate of drug-likeness (QED) is 0.863. The third-order valence-electron chi connectivity index (χ3n) is 4.10. The average Bonchev–Trinajstić information content (AvgIpc) is 2.86. The molecule has 0 saturated heterocycles. The molecule has 2 aromatic rings. The van der Waals surface area contributed by atoms with E-state index in [0.717, 1.165) is 13.1 Å². The van der Waals surface area contributed by atoms with Crippen LogP contribution in [0.2, 0.25) is 0 Å². The lowest BCUT2D eigenvalue weighted by Crippen LogP contribution is -2.39. The van der Waals surface area contributed by atoms with Crippen molar-refractivity contribution in [3.8, 4) is 0 Å². The molecule has 0 fully saturated rings. The first-order valence-corrected chi connectivity index (χ1v) is 8.50. The minimum atomic E-state index is 0.117.